The molecule has 0 radical (unpaired) electrons. The van der Waals surface area contributed by atoms with Crippen LogP contribution >= 0.6 is 0 Å². The lowest BCUT2D eigenvalue weighted by Crippen LogP contribution is -2.55. The van der Waals surface area contributed by atoms with E-state index < -0.39 is 11.5 Å². The van der Waals surface area contributed by atoms with Gasteiger partial charge in [0.1, 0.15) is 5.54 Å². The van der Waals surface area contributed by atoms with E-state index in [1.807, 2.05) is 6.92 Å². The maximum atomic E-state index is 11.3. The third kappa shape index (κ3) is 3.20. The molecule has 3 nitrogen and oxygen atoms in total. The first kappa shape index (κ1) is 12.5. The van der Waals surface area contributed by atoms with Crippen LogP contribution in [-0.2, 0) is 4.79 Å². The van der Waals surface area contributed by atoms with Crippen LogP contribution in [0.5, 0.6) is 0 Å². The lowest BCUT2D eigenvalue weighted by Gasteiger charge is -2.30. The second-order valence-electron chi connectivity index (χ2n) is 5.46. The van der Waals surface area contributed by atoms with Crippen molar-refractivity contribution in [3.63, 3.8) is 0 Å². The molecule has 3 heteroatoms. The van der Waals surface area contributed by atoms with Gasteiger partial charge in [0, 0.05) is 6.04 Å². The first-order valence-corrected chi connectivity index (χ1v) is 5.87. The molecule has 1 fully saturated rings. The summed E-state index contributed by atoms with van der Waals surface area (Å²) >= 11 is 0. The van der Waals surface area contributed by atoms with Crippen LogP contribution in [0.25, 0.3) is 0 Å². The molecule has 0 saturated heterocycles. The van der Waals surface area contributed by atoms with Gasteiger partial charge in [0.15, 0.2) is 0 Å². The Morgan fingerprint density at radius 2 is 2.00 bits per heavy atom. The summed E-state index contributed by atoms with van der Waals surface area (Å²) in [6.07, 6.45) is 3.12. The molecule has 1 aliphatic rings. The molecule has 2 N–H and O–H groups in total. The van der Waals surface area contributed by atoms with Crippen molar-refractivity contribution in [1.29, 1.82) is 0 Å². The van der Waals surface area contributed by atoms with Crippen LogP contribution in [0.1, 0.15) is 47.0 Å². The molecule has 0 aromatic rings. The van der Waals surface area contributed by atoms with E-state index in [0.717, 1.165) is 19.3 Å². The summed E-state index contributed by atoms with van der Waals surface area (Å²) in [5, 5.41) is 12.5. The fourth-order valence-corrected chi connectivity index (χ4v) is 2.29. The summed E-state index contributed by atoms with van der Waals surface area (Å²) in [5.74, 6) is 0.218. The Bertz CT molecular complexity index is 236. The molecule has 88 valence electrons. The zero-order chi connectivity index (χ0) is 11.6. The molecule has 0 amide bonds. The maximum absolute atomic E-state index is 11.3. The molecule has 15 heavy (non-hydrogen) atoms. The van der Waals surface area contributed by atoms with Gasteiger partial charge in [0.2, 0.25) is 0 Å². The SMILES string of the molecule is CC(C)CC(C)NC(C)(C(=O)O)C1CC1. The minimum Gasteiger partial charge on any atom is -0.480 e. The highest BCUT2D eigenvalue weighted by atomic mass is 16.4. The summed E-state index contributed by atoms with van der Waals surface area (Å²) in [6, 6.07) is 0.270. The Balaban J connectivity index is 2.55. The lowest BCUT2D eigenvalue weighted by molar-refractivity contribution is -0.145. The van der Waals surface area contributed by atoms with Crippen LogP contribution in [0.4, 0.5) is 0 Å². The molecule has 1 rings (SSSR count). The minimum atomic E-state index is -0.714. The summed E-state index contributed by atoms with van der Waals surface area (Å²) < 4.78 is 0. The molecular weight excluding hydrogens is 190 g/mol. The Labute approximate surface area is 92.3 Å². The number of hydrogen-bond acceptors (Lipinski definition) is 2. The molecule has 2 unspecified atom stereocenters. The number of carboxylic acids is 1. The fourth-order valence-electron chi connectivity index (χ4n) is 2.29. The predicted molar refractivity (Wildman–Crippen MR) is 60.8 cm³/mol. The quantitative estimate of drug-likeness (QED) is 0.711. The third-order valence-electron chi connectivity index (χ3n) is 3.21. The van der Waals surface area contributed by atoms with Gasteiger partial charge in [-0.1, -0.05) is 13.8 Å². The first-order valence-electron chi connectivity index (χ1n) is 5.87. The fraction of sp³-hybridized carbons (Fsp3) is 0.917. The molecule has 0 bridgehead atoms. The molecule has 0 aromatic heterocycles. The van der Waals surface area contributed by atoms with Crippen molar-refractivity contribution in [3.05, 3.63) is 0 Å². The normalized spacial score (nSPS) is 22.5. The molecule has 1 aliphatic carbocycles. The van der Waals surface area contributed by atoms with Crippen molar-refractivity contribution in [2.45, 2.75) is 58.5 Å². The number of hydrogen-bond donors (Lipinski definition) is 2. The highest BCUT2D eigenvalue weighted by Gasteiger charge is 2.47. The van der Waals surface area contributed by atoms with E-state index in [4.69, 9.17) is 0 Å². The molecule has 0 spiro atoms. The van der Waals surface area contributed by atoms with Gasteiger partial charge in [-0.2, -0.15) is 0 Å². The summed E-state index contributed by atoms with van der Waals surface area (Å²) in [6.45, 7) is 8.22. The van der Waals surface area contributed by atoms with Gasteiger partial charge in [-0.3, -0.25) is 10.1 Å². The summed E-state index contributed by atoms with van der Waals surface area (Å²) in [7, 11) is 0. The number of nitrogens with one attached hydrogen (secondary N) is 1. The van der Waals surface area contributed by atoms with E-state index >= 15 is 0 Å². The van der Waals surface area contributed by atoms with Gasteiger partial charge in [-0.15, -0.1) is 0 Å². The van der Waals surface area contributed by atoms with Gasteiger partial charge in [0.25, 0.3) is 0 Å². The highest BCUT2D eigenvalue weighted by molar-refractivity contribution is 5.79. The number of rotatable bonds is 6. The Kier molecular flexibility index (Phi) is 3.77. The van der Waals surface area contributed by atoms with Crippen LogP contribution in [0, 0.1) is 11.8 Å². The second-order valence-corrected chi connectivity index (χ2v) is 5.46. The van der Waals surface area contributed by atoms with Crippen molar-refractivity contribution < 1.29 is 9.90 Å². The van der Waals surface area contributed by atoms with Crippen LogP contribution in [-0.4, -0.2) is 22.7 Å². The zero-order valence-electron chi connectivity index (χ0n) is 10.2. The largest absolute Gasteiger partial charge is 0.480 e. The summed E-state index contributed by atoms with van der Waals surface area (Å²) in [4.78, 5) is 11.3. The molecule has 2 atom stereocenters. The van der Waals surface area contributed by atoms with Crippen molar-refractivity contribution in [2.24, 2.45) is 11.8 Å². The van der Waals surface area contributed by atoms with Crippen molar-refractivity contribution in [3.8, 4) is 0 Å². The van der Waals surface area contributed by atoms with Crippen molar-refractivity contribution >= 4 is 5.97 Å². The van der Waals surface area contributed by atoms with Crippen molar-refractivity contribution in [1.82, 2.24) is 5.32 Å². The van der Waals surface area contributed by atoms with Crippen molar-refractivity contribution in [2.75, 3.05) is 0 Å². The topological polar surface area (TPSA) is 49.3 Å². The zero-order valence-corrected chi connectivity index (χ0v) is 10.2. The Morgan fingerprint density at radius 3 is 2.33 bits per heavy atom. The van der Waals surface area contributed by atoms with Crippen LogP contribution in [0.15, 0.2) is 0 Å². The van der Waals surface area contributed by atoms with E-state index in [-0.39, 0.29) is 6.04 Å². The average molecular weight is 213 g/mol. The van der Waals surface area contributed by atoms with Gasteiger partial charge < -0.3 is 5.11 Å². The highest BCUT2D eigenvalue weighted by Crippen LogP contribution is 2.40. The Morgan fingerprint density at radius 1 is 1.47 bits per heavy atom. The maximum Gasteiger partial charge on any atom is 0.323 e. The predicted octanol–water partition coefficient (Wildman–Crippen LogP) is 2.26. The van der Waals surface area contributed by atoms with E-state index in [2.05, 4.69) is 26.1 Å². The van der Waals surface area contributed by atoms with E-state index in [0.29, 0.717) is 11.8 Å². The number of carboxylic acid groups (broad SMARTS) is 1. The number of aliphatic carboxylic acids is 1. The van der Waals surface area contributed by atoms with E-state index in [1.54, 1.807) is 0 Å². The molecular formula is C12H23NO2. The Hall–Kier alpha value is -0.570. The molecule has 0 aliphatic heterocycles. The van der Waals surface area contributed by atoms with E-state index in [1.165, 1.54) is 0 Å². The smallest absolute Gasteiger partial charge is 0.323 e. The van der Waals surface area contributed by atoms with E-state index in [9.17, 15) is 9.90 Å². The van der Waals surface area contributed by atoms with Gasteiger partial charge in [-0.05, 0) is 44.9 Å². The average Bonchev–Trinajstić information content (AvgIpc) is 2.82. The first-order chi connectivity index (χ1) is 6.86. The monoisotopic (exact) mass is 213 g/mol. The van der Waals surface area contributed by atoms with Gasteiger partial charge in [0.05, 0.1) is 0 Å². The third-order valence-corrected chi connectivity index (χ3v) is 3.21. The van der Waals surface area contributed by atoms with Gasteiger partial charge in [-0.25, -0.2) is 0 Å². The van der Waals surface area contributed by atoms with Gasteiger partial charge >= 0.3 is 5.97 Å². The second kappa shape index (κ2) is 4.52. The number of carbonyl (C=O) groups is 1. The van der Waals surface area contributed by atoms with Crippen LogP contribution in [0.3, 0.4) is 0 Å². The summed E-state index contributed by atoms with van der Waals surface area (Å²) in [5.41, 5.74) is -0.714. The van der Waals surface area contributed by atoms with Crippen LogP contribution in [0.2, 0.25) is 0 Å². The van der Waals surface area contributed by atoms with Crippen LogP contribution < -0.4 is 5.32 Å². The lowest BCUT2D eigenvalue weighted by atomic mass is 9.93. The molecule has 1 saturated carbocycles. The molecule has 0 aromatic carbocycles. The minimum absolute atomic E-state index is 0.270. The molecule has 0 heterocycles. The standard InChI is InChI=1S/C12H23NO2/c1-8(2)7-9(3)13-12(4,11(14)15)10-5-6-10/h8-10,13H,5-7H2,1-4H3,(H,14,15).